The van der Waals surface area contributed by atoms with Crippen LogP contribution < -0.4 is 0 Å². The number of hydrogen-bond acceptors (Lipinski definition) is 2. The molecule has 0 aromatic heterocycles. The van der Waals surface area contributed by atoms with E-state index in [0.29, 0.717) is 13.0 Å². The highest BCUT2D eigenvalue weighted by molar-refractivity contribution is 5.78. The van der Waals surface area contributed by atoms with Crippen molar-refractivity contribution < 1.29 is 4.79 Å². The largest absolute Gasteiger partial charge is 0.344 e. The zero-order chi connectivity index (χ0) is 6.85. The fourth-order valence-corrected chi connectivity index (χ4v) is 0.950. The van der Waals surface area contributed by atoms with Gasteiger partial charge in [-0.1, -0.05) is 0 Å². The summed E-state index contributed by atoms with van der Waals surface area (Å²) < 4.78 is 0. The molecule has 3 heteroatoms. The minimum absolute atomic E-state index is 0.0671. The molecule has 9 heavy (non-hydrogen) atoms. The van der Waals surface area contributed by atoms with Crippen LogP contribution in [0.4, 0.5) is 0 Å². The second-order valence-corrected chi connectivity index (χ2v) is 2.30. The Bertz CT molecular complexity index is 170. The first-order valence-electron chi connectivity index (χ1n) is 2.87. The van der Waals surface area contributed by atoms with Gasteiger partial charge in [-0.05, 0) is 0 Å². The van der Waals surface area contributed by atoms with Gasteiger partial charge in [-0.3, -0.25) is 4.79 Å². The number of nitriles is 1. The zero-order valence-electron chi connectivity index (χ0n) is 5.29. The number of nitrogens with zero attached hydrogens (tertiary/aromatic N) is 2. The van der Waals surface area contributed by atoms with Crippen molar-refractivity contribution in [2.24, 2.45) is 5.92 Å². The van der Waals surface area contributed by atoms with E-state index in [1.54, 1.807) is 11.9 Å². The summed E-state index contributed by atoms with van der Waals surface area (Å²) in [5, 5.41) is 8.37. The molecule has 1 amide bonds. The topological polar surface area (TPSA) is 44.1 Å². The number of likely N-dealkylation sites (tertiary alicyclic amines) is 1. The monoisotopic (exact) mass is 124 g/mol. The van der Waals surface area contributed by atoms with Crippen molar-refractivity contribution in [3.8, 4) is 6.07 Å². The van der Waals surface area contributed by atoms with E-state index < -0.39 is 0 Å². The van der Waals surface area contributed by atoms with Crippen molar-refractivity contribution in [1.29, 1.82) is 5.26 Å². The molecule has 48 valence electrons. The molecule has 0 aromatic rings. The lowest BCUT2D eigenvalue weighted by molar-refractivity contribution is -0.126. The van der Waals surface area contributed by atoms with Gasteiger partial charge in [-0.2, -0.15) is 5.26 Å². The summed E-state index contributed by atoms with van der Waals surface area (Å²) in [6.45, 7) is 0.606. The van der Waals surface area contributed by atoms with Crippen LogP contribution in [0.15, 0.2) is 0 Å². The third-order valence-corrected chi connectivity index (χ3v) is 1.52. The molecule has 1 heterocycles. The van der Waals surface area contributed by atoms with E-state index in [0.717, 1.165) is 0 Å². The third kappa shape index (κ3) is 1.02. The van der Waals surface area contributed by atoms with Crippen molar-refractivity contribution in [2.45, 2.75) is 6.42 Å². The van der Waals surface area contributed by atoms with Crippen LogP contribution in [0.5, 0.6) is 0 Å². The number of hydrogen-bond donors (Lipinski definition) is 0. The van der Waals surface area contributed by atoms with Gasteiger partial charge in [0, 0.05) is 20.0 Å². The van der Waals surface area contributed by atoms with E-state index in [1.165, 1.54) is 0 Å². The standard InChI is InChI=1S/C6H8N2O/c1-8-4-5(3-7)2-6(8)9/h5H,2,4H2,1H3/t5-/m1/s1. The molecular formula is C6H8N2O. The number of carbonyl (C=O) groups excluding carboxylic acids is 1. The summed E-state index contributed by atoms with van der Waals surface area (Å²) in [6.07, 6.45) is 0.410. The maximum absolute atomic E-state index is 10.7. The maximum atomic E-state index is 10.7. The molecule has 0 saturated carbocycles. The SMILES string of the molecule is CN1C[C@@H](C#N)CC1=O. The second kappa shape index (κ2) is 2.06. The summed E-state index contributed by atoms with van der Waals surface area (Å²) >= 11 is 0. The van der Waals surface area contributed by atoms with Gasteiger partial charge in [-0.15, -0.1) is 0 Å². The van der Waals surface area contributed by atoms with E-state index in [2.05, 4.69) is 6.07 Å². The molecule has 0 bridgehead atoms. The fourth-order valence-electron chi connectivity index (χ4n) is 0.950. The van der Waals surface area contributed by atoms with Crippen LogP contribution in [-0.2, 0) is 4.79 Å². The van der Waals surface area contributed by atoms with Crippen molar-refractivity contribution in [3.63, 3.8) is 0 Å². The molecule has 0 unspecified atom stereocenters. The summed E-state index contributed by atoms with van der Waals surface area (Å²) in [7, 11) is 1.72. The van der Waals surface area contributed by atoms with Crippen molar-refractivity contribution in [3.05, 3.63) is 0 Å². The molecule has 3 nitrogen and oxygen atoms in total. The van der Waals surface area contributed by atoms with Gasteiger partial charge in [0.25, 0.3) is 0 Å². The van der Waals surface area contributed by atoms with E-state index in [1.807, 2.05) is 0 Å². The van der Waals surface area contributed by atoms with E-state index in [9.17, 15) is 4.79 Å². The Hall–Kier alpha value is -1.04. The molecule has 0 aromatic carbocycles. The number of amides is 1. The smallest absolute Gasteiger partial charge is 0.223 e. The molecule has 0 spiro atoms. The van der Waals surface area contributed by atoms with Crippen LogP contribution in [0.2, 0.25) is 0 Å². The second-order valence-electron chi connectivity index (χ2n) is 2.30. The zero-order valence-corrected chi connectivity index (χ0v) is 5.29. The Morgan fingerprint density at radius 2 is 2.56 bits per heavy atom. The molecule has 0 radical (unpaired) electrons. The number of carbonyl (C=O) groups is 1. The Morgan fingerprint density at radius 1 is 1.89 bits per heavy atom. The van der Waals surface area contributed by atoms with Gasteiger partial charge in [0.1, 0.15) is 0 Å². The molecule has 1 rings (SSSR count). The van der Waals surface area contributed by atoms with Gasteiger partial charge in [-0.25, -0.2) is 0 Å². The highest BCUT2D eigenvalue weighted by atomic mass is 16.2. The van der Waals surface area contributed by atoms with Crippen LogP contribution in [0, 0.1) is 17.2 Å². The maximum Gasteiger partial charge on any atom is 0.223 e. The van der Waals surface area contributed by atoms with Crippen LogP contribution >= 0.6 is 0 Å². The van der Waals surface area contributed by atoms with Crippen molar-refractivity contribution >= 4 is 5.91 Å². The molecule has 1 saturated heterocycles. The van der Waals surface area contributed by atoms with Gasteiger partial charge < -0.3 is 4.90 Å². The third-order valence-electron chi connectivity index (χ3n) is 1.52. The average Bonchev–Trinajstić information content (AvgIpc) is 2.13. The summed E-state index contributed by atoms with van der Waals surface area (Å²) in [6, 6.07) is 2.06. The quantitative estimate of drug-likeness (QED) is 0.456. The molecule has 1 atom stereocenters. The summed E-state index contributed by atoms with van der Waals surface area (Å²) in [4.78, 5) is 12.3. The van der Waals surface area contributed by atoms with Crippen LogP contribution in [0.1, 0.15) is 6.42 Å². The number of rotatable bonds is 0. The van der Waals surface area contributed by atoms with E-state index in [-0.39, 0.29) is 11.8 Å². The molecular weight excluding hydrogens is 116 g/mol. The van der Waals surface area contributed by atoms with Gasteiger partial charge in [0.2, 0.25) is 5.91 Å². The Morgan fingerprint density at radius 3 is 2.78 bits per heavy atom. The molecule has 0 aliphatic carbocycles. The van der Waals surface area contributed by atoms with E-state index in [4.69, 9.17) is 5.26 Å². The van der Waals surface area contributed by atoms with Gasteiger partial charge >= 0.3 is 0 Å². The first kappa shape index (κ1) is 6.09. The Balaban J connectivity index is 2.57. The van der Waals surface area contributed by atoms with Crippen LogP contribution in [-0.4, -0.2) is 24.4 Å². The minimum atomic E-state index is -0.0671. The van der Waals surface area contributed by atoms with Crippen LogP contribution in [0.25, 0.3) is 0 Å². The van der Waals surface area contributed by atoms with Crippen LogP contribution in [0.3, 0.4) is 0 Å². The van der Waals surface area contributed by atoms with Gasteiger partial charge in [0.15, 0.2) is 0 Å². The summed E-state index contributed by atoms with van der Waals surface area (Å²) in [5.74, 6) is 0.0176. The average molecular weight is 124 g/mol. The molecule has 1 fully saturated rings. The lowest BCUT2D eigenvalue weighted by Gasteiger charge is -2.04. The van der Waals surface area contributed by atoms with Crippen molar-refractivity contribution in [2.75, 3.05) is 13.6 Å². The van der Waals surface area contributed by atoms with Gasteiger partial charge in [0.05, 0.1) is 12.0 Å². The minimum Gasteiger partial charge on any atom is -0.344 e. The predicted octanol–water partition coefficient (Wildman–Crippen LogP) is -0.0117. The molecule has 0 N–H and O–H groups in total. The Kier molecular flexibility index (Phi) is 1.39. The highest BCUT2D eigenvalue weighted by Crippen LogP contribution is 2.13. The lowest BCUT2D eigenvalue weighted by atomic mass is 10.1. The first-order chi connectivity index (χ1) is 4.24. The van der Waals surface area contributed by atoms with Crippen molar-refractivity contribution in [1.82, 2.24) is 4.90 Å². The highest BCUT2D eigenvalue weighted by Gasteiger charge is 2.25. The first-order valence-corrected chi connectivity index (χ1v) is 2.87. The fraction of sp³-hybridized carbons (Fsp3) is 0.667. The predicted molar refractivity (Wildman–Crippen MR) is 31.4 cm³/mol. The Labute approximate surface area is 53.9 Å². The lowest BCUT2D eigenvalue weighted by Crippen LogP contribution is -2.18. The summed E-state index contributed by atoms with van der Waals surface area (Å²) in [5.41, 5.74) is 0. The normalized spacial score (nSPS) is 26.4. The molecule has 1 aliphatic rings. The molecule has 1 aliphatic heterocycles. The van der Waals surface area contributed by atoms with E-state index >= 15 is 0 Å².